The number of benzene rings is 1. The standard InChI is InChI=1S/C12H14ClN3/c1-16-12(14)8-10(15-16)7-6-9-4-2-3-5-11(9)13/h2-5,8H,6-7,14H2,1H3. The number of hydrogen-bond acceptors (Lipinski definition) is 2. The average Bonchev–Trinajstić information content (AvgIpc) is 2.57. The lowest BCUT2D eigenvalue weighted by Gasteiger charge is -2.01. The maximum Gasteiger partial charge on any atom is 0.121 e. The molecule has 0 spiro atoms. The molecule has 4 heteroatoms. The van der Waals surface area contributed by atoms with Crippen molar-refractivity contribution < 1.29 is 0 Å². The van der Waals surface area contributed by atoms with Crippen molar-refractivity contribution in [2.45, 2.75) is 12.8 Å². The number of aromatic nitrogens is 2. The summed E-state index contributed by atoms with van der Waals surface area (Å²) in [5.74, 6) is 0.689. The summed E-state index contributed by atoms with van der Waals surface area (Å²) in [4.78, 5) is 0. The summed E-state index contributed by atoms with van der Waals surface area (Å²) < 4.78 is 1.68. The lowest BCUT2D eigenvalue weighted by atomic mass is 10.1. The minimum absolute atomic E-state index is 0.689. The summed E-state index contributed by atoms with van der Waals surface area (Å²) in [6.45, 7) is 0. The first-order chi connectivity index (χ1) is 7.66. The Bertz CT molecular complexity index is 471. The monoisotopic (exact) mass is 235 g/mol. The van der Waals surface area contributed by atoms with Crippen LogP contribution in [0.5, 0.6) is 0 Å². The second kappa shape index (κ2) is 4.58. The van der Waals surface area contributed by atoms with Crippen LogP contribution in [0.1, 0.15) is 11.3 Å². The number of nitrogens with two attached hydrogens (primary N) is 1. The average molecular weight is 236 g/mol. The smallest absolute Gasteiger partial charge is 0.121 e. The first-order valence-corrected chi connectivity index (χ1v) is 5.56. The number of nitrogens with zero attached hydrogens (tertiary/aromatic N) is 2. The first-order valence-electron chi connectivity index (χ1n) is 5.18. The zero-order valence-electron chi connectivity index (χ0n) is 9.15. The van der Waals surface area contributed by atoms with Crippen molar-refractivity contribution in [3.63, 3.8) is 0 Å². The molecule has 0 atom stereocenters. The van der Waals surface area contributed by atoms with Crippen LogP contribution in [0.3, 0.4) is 0 Å². The third kappa shape index (κ3) is 2.36. The van der Waals surface area contributed by atoms with Gasteiger partial charge in [-0.05, 0) is 24.5 Å². The number of aryl methyl sites for hydroxylation is 3. The fourth-order valence-corrected chi connectivity index (χ4v) is 1.86. The predicted octanol–water partition coefficient (Wildman–Crippen LogP) is 2.44. The molecule has 0 aliphatic heterocycles. The topological polar surface area (TPSA) is 43.8 Å². The van der Waals surface area contributed by atoms with Crippen molar-refractivity contribution >= 4 is 17.4 Å². The van der Waals surface area contributed by atoms with Crippen molar-refractivity contribution in [3.05, 3.63) is 46.6 Å². The minimum Gasteiger partial charge on any atom is -0.384 e. The van der Waals surface area contributed by atoms with Crippen LogP contribution in [0.15, 0.2) is 30.3 Å². The fraction of sp³-hybridized carbons (Fsp3) is 0.250. The van der Waals surface area contributed by atoms with E-state index in [1.807, 2.05) is 37.4 Å². The van der Waals surface area contributed by atoms with E-state index in [2.05, 4.69) is 5.10 Å². The Morgan fingerprint density at radius 2 is 2.06 bits per heavy atom. The Balaban J connectivity index is 2.05. The number of nitrogen functional groups attached to an aromatic ring is 1. The Hall–Kier alpha value is -1.48. The molecule has 0 amide bonds. The Morgan fingerprint density at radius 3 is 2.69 bits per heavy atom. The molecule has 0 saturated carbocycles. The summed E-state index contributed by atoms with van der Waals surface area (Å²) in [6, 6.07) is 9.77. The van der Waals surface area contributed by atoms with Crippen molar-refractivity contribution in [3.8, 4) is 0 Å². The molecule has 2 rings (SSSR count). The maximum atomic E-state index is 6.08. The number of anilines is 1. The lowest BCUT2D eigenvalue weighted by molar-refractivity contribution is 0.745. The molecule has 0 saturated heterocycles. The van der Waals surface area contributed by atoms with Gasteiger partial charge in [0.25, 0.3) is 0 Å². The third-order valence-electron chi connectivity index (χ3n) is 2.57. The summed E-state index contributed by atoms with van der Waals surface area (Å²) in [7, 11) is 1.84. The first kappa shape index (κ1) is 11.0. The molecule has 2 aromatic rings. The molecule has 1 heterocycles. The van der Waals surface area contributed by atoms with Crippen LogP contribution >= 0.6 is 11.6 Å². The van der Waals surface area contributed by atoms with Crippen LogP contribution in [-0.2, 0) is 19.9 Å². The fourth-order valence-electron chi connectivity index (χ4n) is 1.63. The van der Waals surface area contributed by atoms with E-state index in [1.165, 1.54) is 0 Å². The van der Waals surface area contributed by atoms with Crippen LogP contribution in [0.2, 0.25) is 5.02 Å². The summed E-state index contributed by atoms with van der Waals surface area (Å²) in [5, 5.41) is 5.12. The second-order valence-electron chi connectivity index (χ2n) is 3.78. The van der Waals surface area contributed by atoms with Gasteiger partial charge in [-0.2, -0.15) is 5.10 Å². The molecule has 16 heavy (non-hydrogen) atoms. The van der Waals surface area contributed by atoms with Crippen molar-refractivity contribution in [2.24, 2.45) is 7.05 Å². The SMILES string of the molecule is Cn1nc(CCc2ccccc2Cl)cc1N. The van der Waals surface area contributed by atoms with Gasteiger partial charge in [-0.15, -0.1) is 0 Å². The zero-order valence-corrected chi connectivity index (χ0v) is 9.91. The van der Waals surface area contributed by atoms with Crippen LogP contribution in [0.25, 0.3) is 0 Å². The van der Waals surface area contributed by atoms with Crippen molar-refractivity contribution in [1.29, 1.82) is 0 Å². The highest BCUT2D eigenvalue weighted by atomic mass is 35.5. The Labute approximate surface area is 99.8 Å². The van der Waals surface area contributed by atoms with E-state index in [0.717, 1.165) is 29.1 Å². The molecule has 0 radical (unpaired) electrons. The van der Waals surface area contributed by atoms with Gasteiger partial charge in [-0.25, -0.2) is 0 Å². The van der Waals surface area contributed by atoms with Gasteiger partial charge in [0, 0.05) is 18.1 Å². The van der Waals surface area contributed by atoms with Gasteiger partial charge in [0.1, 0.15) is 5.82 Å². The van der Waals surface area contributed by atoms with E-state index in [0.29, 0.717) is 5.82 Å². The number of rotatable bonds is 3. The third-order valence-corrected chi connectivity index (χ3v) is 2.94. The minimum atomic E-state index is 0.689. The van der Waals surface area contributed by atoms with E-state index in [9.17, 15) is 0 Å². The van der Waals surface area contributed by atoms with Gasteiger partial charge in [0.05, 0.1) is 5.69 Å². The van der Waals surface area contributed by atoms with Crippen LogP contribution < -0.4 is 5.73 Å². The highest BCUT2D eigenvalue weighted by molar-refractivity contribution is 6.31. The molecule has 0 fully saturated rings. The summed E-state index contributed by atoms with van der Waals surface area (Å²) in [5.41, 5.74) is 7.86. The van der Waals surface area contributed by atoms with Crippen molar-refractivity contribution in [1.82, 2.24) is 9.78 Å². The predicted molar refractivity (Wildman–Crippen MR) is 66.5 cm³/mol. The molecule has 3 nitrogen and oxygen atoms in total. The van der Waals surface area contributed by atoms with Crippen molar-refractivity contribution in [2.75, 3.05) is 5.73 Å². The highest BCUT2D eigenvalue weighted by Crippen LogP contribution is 2.17. The van der Waals surface area contributed by atoms with Gasteiger partial charge >= 0.3 is 0 Å². The van der Waals surface area contributed by atoms with Gasteiger partial charge in [0.15, 0.2) is 0 Å². The van der Waals surface area contributed by atoms with Gasteiger partial charge in [0.2, 0.25) is 0 Å². The van der Waals surface area contributed by atoms with Gasteiger partial charge < -0.3 is 5.73 Å². The molecular formula is C12H14ClN3. The number of halogens is 1. The zero-order chi connectivity index (χ0) is 11.5. The van der Waals surface area contributed by atoms with E-state index < -0.39 is 0 Å². The van der Waals surface area contributed by atoms with Crippen LogP contribution in [-0.4, -0.2) is 9.78 Å². The quantitative estimate of drug-likeness (QED) is 0.888. The highest BCUT2D eigenvalue weighted by Gasteiger charge is 2.04. The molecule has 0 aliphatic carbocycles. The Kier molecular flexibility index (Phi) is 3.15. The second-order valence-corrected chi connectivity index (χ2v) is 4.18. The summed E-state index contributed by atoms with van der Waals surface area (Å²) >= 11 is 6.08. The van der Waals surface area contributed by atoms with Crippen LogP contribution in [0.4, 0.5) is 5.82 Å². The normalized spacial score (nSPS) is 10.6. The van der Waals surface area contributed by atoms with E-state index >= 15 is 0 Å². The summed E-state index contributed by atoms with van der Waals surface area (Å²) in [6.07, 6.45) is 1.74. The molecule has 0 unspecified atom stereocenters. The largest absolute Gasteiger partial charge is 0.384 e. The molecule has 0 aliphatic rings. The lowest BCUT2D eigenvalue weighted by Crippen LogP contribution is -1.98. The van der Waals surface area contributed by atoms with E-state index in [4.69, 9.17) is 17.3 Å². The molecule has 84 valence electrons. The maximum absolute atomic E-state index is 6.08. The van der Waals surface area contributed by atoms with Gasteiger partial charge in [-0.3, -0.25) is 4.68 Å². The van der Waals surface area contributed by atoms with E-state index in [-0.39, 0.29) is 0 Å². The molecule has 2 N–H and O–H groups in total. The van der Waals surface area contributed by atoms with Crippen LogP contribution in [0, 0.1) is 0 Å². The Morgan fingerprint density at radius 1 is 1.31 bits per heavy atom. The van der Waals surface area contributed by atoms with E-state index in [1.54, 1.807) is 4.68 Å². The molecular weight excluding hydrogens is 222 g/mol. The number of hydrogen-bond donors (Lipinski definition) is 1. The molecule has 1 aromatic carbocycles. The molecule has 0 bridgehead atoms. The molecule has 1 aromatic heterocycles. The van der Waals surface area contributed by atoms with Gasteiger partial charge in [-0.1, -0.05) is 29.8 Å².